The van der Waals surface area contributed by atoms with Gasteiger partial charge in [0, 0.05) is 36.0 Å². The first-order valence-corrected chi connectivity index (χ1v) is 11.0. The molecular formula is C23H24N4OS. The molecule has 2 aliphatic rings. The van der Waals surface area contributed by atoms with Crippen LogP contribution in [0.5, 0.6) is 0 Å². The van der Waals surface area contributed by atoms with Crippen molar-refractivity contribution in [2.45, 2.75) is 30.2 Å². The van der Waals surface area contributed by atoms with Crippen molar-refractivity contribution < 1.29 is 4.79 Å². The Morgan fingerprint density at radius 3 is 2.79 bits per heavy atom. The zero-order valence-electron chi connectivity index (χ0n) is 16.2. The summed E-state index contributed by atoms with van der Waals surface area (Å²) in [5.74, 6) is 0.0231. The van der Waals surface area contributed by atoms with Crippen molar-refractivity contribution in [2.75, 3.05) is 19.6 Å². The molecule has 0 bridgehead atoms. The number of hydrogen-bond donors (Lipinski definition) is 2. The molecule has 1 amide bonds. The lowest BCUT2D eigenvalue weighted by molar-refractivity contribution is -0.117. The first-order chi connectivity index (χ1) is 14.3. The number of rotatable bonds is 5. The van der Waals surface area contributed by atoms with Crippen LogP contribution in [0.1, 0.15) is 24.1 Å². The van der Waals surface area contributed by atoms with Crippen LogP contribution < -0.4 is 5.32 Å². The van der Waals surface area contributed by atoms with Crippen molar-refractivity contribution in [3.63, 3.8) is 0 Å². The van der Waals surface area contributed by atoms with E-state index in [2.05, 4.69) is 56.8 Å². The molecule has 1 aromatic heterocycles. The van der Waals surface area contributed by atoms with Gasteiger partial charge in [-0.3, -0.25) is 9.89 Å². The largest absolute Gasteiger partial charge is 0.349 e. The molecule has 2 aliphatic heterocycles. The lowest BCUT2D eigenvalue weighted by Crippen LogP contribution is -2.45. The molecule has 29 heavy (non-hydrogen) atoms. The Bertz CT molecular complexity index is 1050. The molecule has 3 heterocycles. The molecule has 0 atom stereocenters. The van der Waals surface area contributed by atoms with Crippen LogP contribution in [-0.4, -0.2) is 46.7 Å². The van der Waals surface area contributed by atoms with E-state index < -0.39 is 0 Å². The number of aromatic amines is 1. The van der Waals surface area contributed by atoms with Gasteiger partial charge in [-0.15, -0.1) is 0 Å². The molecule has 2 N–H and O–H groups in total. The number of piperidine rings is 1. The van der Waals surface area contributed by atoms with Crippen molar-refractivity contribution >= 4 is 34.6 Å². The SMILES string of the molecule is O=C(NC1CCN(CCc2ccccc2)CC1)C1=Cc2[nH]nc3cccc(c23)S1. The van der Waals surface area contributed by atoms with Gasteiger partial charge in [0.05, 0.1) is 16.1 Å². The van der Waals surface area contributed by atoms with Crippen LogP contribution in [0, 0.1) is 0 Å². The molecule has 3 aromatic rings. The summed E-state index contributed by atoms with van der Waals surface area (Å²) < 4.78 is 0. The predicted octanol–water partition coefficient (Wildman–Crippen LogP) is 3.83. The van der Waals surface area contributed by atoms with E-state index in [1.54, 1.807) is 0 Å². The van der Waals surface area contributed by atoms with Crippen LogP contribution in [0.25, 0.3) is 17.0 Å². The molecule has 2 aromatic carbocycles. The third-order valence-electron chi connectivity index (χ3n) is 5.77. The van der Waals surface area contributed by atoms with Crippen LogP contribution in [-0.2, 0) is 11.2 Å². The van der Waals surface area contributed by atoms with Crippen molar-refractivity contribution in [1.82, 2.24) is 20.4 Å². The number of likely N-dealkylation sites (tertiary alicyclic amines) is 1. The Balaban J connectivity index is 1.15. The minimum atomic E-state index is 0.0231. The van der Waals surface area contributed by atoms with E-state index in [1.165, 1.54) is 17.3 Å². The Labute approximate surface area is 174 Å². The van der Waals surface area contributed by atoms with Gasteiger partial charge in [0.25, 0.3) is 5.91 Å². The summed E-state index contributed by atoms with van der Waals surface area (Å²) in [4.78, 5) is 17.2. The van der Waals surface area contributed by atoms with Gasteiger partial charge < -0.3 is 10.2 Å². The van der Waals surface area contributed by atoms with Gasteiger partial charge in [0.1, 0.15) is 0 Å². The molecule has 6 heteroatoms. The van der Waals surface area contributed by atoms with Crippen LogP contribution in [0.15, 0.2) is 58.3 Å². The number of hydrogen-bond acceptors (Lipinski definition) is 4. The average Bonchev–Trinajstić information content (AvgIpc) is 3.18. The van der Waals surface area contributed by atoms with Crippen molar-refractivity contribution in [3.8, 4) is 0 Å². The molecule has 0 spiro atoms. The first kappa shape index (κ1) is 18.5. The Morgan fingerprint density at radius 2 is 1.97 bits per heavy atom. The Kier molecular flexibility index (Phi) is 5.12. The first-order valence-electron chi connectivity index (χ1n) is 10.2. The maximum Gasteiger partial charge on any atom is 0.258 e. The van der Waals surface area contributed by atoms with Crippen LogP contribution in [0.3, 0.4) is 0 Å². The fraction of sp³-hybridized carbons (Fsp3) is 0.304. The van der Waals surface area contributed by atoms with Gasteiger partial charge in [-0.25, -0.2) is 0 Å². The van der Waals surface area contributed by atoms with Gasteiger partial charge in [0.2, 0.25) is 0 Å². The summed E-state index contributed by atoms with van der Waals surface area (Å²) in [6.07, 6.45) is 5.02. The molecule has 0 saturated carbocycles. The second-order valence-corrected chi connectivity index (χ2v) is 8.81. The van der Waals surface area contributed by atoms with Crippen LogP contribution >= 0.6 is 11.8 Å². The van der Waals surface area contributed by atoms with E-state index >= 15 is 0 Å². The third-order valence-corrected chi connectivity index (χ3v) is 6.86. The van der Waals surface area contributed by atoms with Gasteiger partial charge in [0.15, 0.2) is 0 Å². The number of nitrogens with zero attached hydrogens (tertiary/aromatic N) is 2. The summed E-state index contributed by atoms with van der Waals surface area (Å²) >= 11 is 1.54. The van der Waals surface area contributed by atoms with Gasteiger partial charge in [-0.05, 0) is 43.0 Å². The number of nitrogens with one attached hydrogen (secondary N) is 2. The van der Waals surface area contributed by atoms with Crippen LogP contribution in [0.4, 0.5) is 0 Å². The number of H-pyrrole nitrogens is 1. The minimum Gasteiger partial charge on any atom is -0.349 e. The van der Waals surface area contributed by atoms with Gasteiger partial charge >= 0.3 is 0 Å². The number of amides is 1. The minimum absolute atomic E-state index is 0.0231. The highest BCUT2D eigenvalue weighted by atomic mass is 32.2. The molecule has 1 saturated heterocycles. The van der Waals surface area contributed by atoms with Gasteiger partial charge in [-0.1, -0.05) is 48.2 Å². The van der Waals surface area contributed by atoms with E-state index in [-0.39, 0.29) is 11.9 Å². The molecular weight excluding hydrogens is 380 g/mol. The van der Waals surface area contributed by atoms with Crippen LogP contribution in [0.2, 0.25) is 0 Å². The summed E-state index contributed by atoms with van der Waals surface area (Å²) in [7, 11) is 0. The quantitative estimate of drug-likeness (QED) is 0.678. The lowest BCUT2D eigenvalue weighted by atomic mass is 10.0. The maximum absolute atomic E-state index is 12.9. The number of carbonyl (C=O) groups excluding carboxylic acids is 1. The third kappa shape index (κ3) is 3.95. The zero-order chi connectivity index (χ0) is 19.6. The Hall–Kier alpha value is -2.57. The van der Waals surface area contributed by atoms with E-state index in [9.17, 15) is 4.79 Å². The second kappa shape index (κ2) is 8.05. The van der Waals surface area contributed by atoms with Crippen molar-refractivity contribution in [1.29, 1.82) is 0 Å². The zero-order valence-corrected chi connectivity index (χ0v) is 17.0. The van der Waals surface area contributed by atoms with E-state index in [0.717, 1.165) is 65.3 Å². The Morgan fingerprint density at radius 1 is 1.14 bits per heavy atom. The summed E-state index contributed by atoms with van der Waals surface area (Å²) in [5.41, 5.74) is 3.26. The summed E-state index contributed by atoms with van der Waals surface area (Å²) in [6, 6.07) is 16.9. The lowest BCUT2D eigenvalue weighted by Gasteiger charge is -2.32. The highest BCUT2D eigenvalue weighted by molar-refractivity contribution is 8.04. The maximum atomic E-state index is 12.9. The highest BCUT2D eigenvalue weighted by Gasteiger charge is 2.25. The van der Waals surface area contributed by atoms with E-state index in [0.29, 0.717) is 0 Å². The normalized spacial score (nSPS) is 17.3. The molecule has 0 unspecified atom stereocenters. The molecule has 5 rings (SSSR count). The topological polar surface area (TPSA) is 61.0 Å². The molecule has 0 aliphatic carbocycles. The molecule has 0 radical (unpaired) electrons. The summed E-state index contributed by atoms with van der Waals surface area (Å²) in [5, 5.41) is 11.7. The summed E-state index contributed by atoms with van der Waals surface area (Å²) in [6.45, 7) is 3.15. The highest BCUT2D eigenvalue weighted by Crippen LogP contribution is 2.39. The van der Waals surface area contributed by atoms with E-state index in [4.69, 9.17) is 0 Å². The van der Waals surface area contributed by atoms with Crippen molar-refractivity contribution in [2.24, 2.45) is 0 Å². The molecule has 1 fully saturated rings. The monoisotopic (exact) mass is 404 g/mol. The fourth-order valence-electron chi connectivity index (χ4n) is 4.13. The standard InChI is InChI=1S/C23H24N4OS/c28-23(21-15-19-22-18(25-26-19)7-4-8-20(22)29-21)24-17-10-13-27(14-11-17)12-9-16-5-2-1-3-6-16/h1-8,15,17H,9-14H2,(H,24,28)(H,25,26). The molecule has 5 nitrogen and oxygen atoms in total. The number of thioether (sulfide) groups is 1. The van der Waals surface area contributed by atoms with Crippen molar-refractivity contribution in [3.05, 3.63) is 64.7 Å². The number of aromatic nitrogens is 2. The fourth-order valence-corrected chi connectivity index (χ4v) is 5.16. The predicted molar refractivity (Wildman–Crippen MR) is 118 cm³/mol. The van der Waals surface area contributed by atoms with E-state index in [1.807, 2.05) is 18.2 Å². The molecule has 148 valence electrons. The number of benzene rings is 2. The average molecular weight is 405 g/mol. The smallest absolute Gasteiger partial charge is 0.258 e. The van der Waals surface area contributed by atoms with Gasteiger partial charge in [-0.2, -0.15) is 5.10 Å². The second-order valence-electron chi connectivity index (χ2n) is 7.72. The number of carbonyl (C=O) groups is 1.